The van der Waals surface area contributed by atoms with Crippen LogP contribution in [0.4, 0.5) is 5.69 Å². The molecule has 4 nitrogen and oxygen atoms in total. The van der Waals surface area contributed by atoms with Gasteiger partial charge < -0.3 is 15.5 Å². The molecule has 1 aromatic rings. The van der Waals surface area contributed by atoms with E-state index >= 15 is 0 Å². The molecule has 1 aliphatic rings. The fourth-order valence-electron chi connectivity index (χ4n) is 2.66. The van der Waals surface area contributed by atoms with Gasteiger partial charge in [0.25, 0.3) is 0 Å². The molecule has 1 aromatic carbocycles. The topological polar surface area (TPSA) is 44.4 Å². The molecule has 0 spiro atoms. The molecule has 1 aliphatic heterocycles. The lowest BCUT2D eigenvalue weighted by Gasteiger charge is -2.28. The third kappa shape index (κ3) is 3.01. The molecule has 1 amide bonds. The SMILES string of the molecule is CNCc1cc(Cl)ccc1N1CCCC1C(=O)NC. The summed E-state index contributed by atoms with van der Waals surface area (Å²) in [5.74, 6) is 0.0860. The summed E-state index contributed by atoms with van der Waals surface area (Å²) >= 11 is 6.06. The third-order valence-electron chi connectivity index (χ3n) is 3.52. The summed E-state index contributed by atoms with van der Waals surface area (Å²) in [5.41, 5.74) is 2.23. The maximum Gasteiger partial charge on any atom is 0.242 e. The monoisotopic (exact) mass is 281 g/mol. The van der Waals surface area contributed by atoms with Crippen LogP contribution in [-0.2, 0) is 11.3 Å². The van der Waals surface area contributed by atoms with Crippen LogP contribution in [-0.4, -0.2) is 32.6 Å². The molecule has 2 rings (SSSR count). The van der Waals surface area contributed by atoms with Gasteiger partial charge >= 0.3 is 0 Å². The van der Waals surface area contributed by atoms with E-state index in [4.69, 9.17) is 11.6 Å². The lowest BCUT2D eigenvalue weighted by Crippen LogP contribution is -2.42. The first kappa shape index (κ1) is 14.2. The van der Waals surface area contributed by atoms with Crippen molar-refractivity contribution in [2.75, 3.05) is 25.5 Å². The van der Waals surface area contributed by atoms with Crippen molar-refractivity contribution in [2.24, 2.45) is 0 Å². The standard InChI is InChI=1S/C14H20ClN3O/c1-16-9-10-8-11(15)5-6-12(10)18-7-3-4-13(18)14(19)17-2/h5-6,8,13,16H,3-4,7,9H2,1-2H3,(H,17,19). The second-order valence-electron chi connectivity index (χ2n) is 4.77. The van der Waals surface area contributed by atoms with Gasteiger partial charge in [0.05, 0.1) is 0 Å². The number of nitrogens with zero attached hydrogens (tertiary/aromatic N) is 1. The summed E-state index contributed by atoms with van der Waals surface area (Å²) in [6.45, 7) is 1.66. The number of anilines is 1. The smallest absolute Gasteiger partial charge is 0.242 e. The normalized spacial score (nSPS) is 18.7. The molecular weight excluding hydrogens is 262 g/mol. The van der Waals surface area contributed by atoms with Crippen LogP contribution in [0, 0.1) is 0 Å². The second kappa shape index (κ2) is 6.26. The van der Waals surface area contributed by atoms with E-state index in [0.717, 1.165) is 42.2 Å². The molecule has 19 heavy (non-hydrogen) atoms. The molecule has 0 saturated carbocycles. The predicted molar refractivity (Wildman–Crippen MR) is 78.7 cm³/mol. The lowest BCUT2D eigenvalue weighted by atomic mass is 10.1. The van der Waals surface area contributed by atoms with Crippen LogP contribution in [0.2, 0.25) is 5.02 Å². The summed E-state index contributed by atoms with van der Waals surface area (Å²) < 4.78 is 0. The van der Waals surface area contributed by atoms with Gasteiger partial charge in [-0.2, -0.15) is 0 Å². The summed E-state index contributed by atoms with van der Waals surface area (Å²) in [5, 5.41) is 6.62. The minimum atomic E-state index is -0.0678. The van der Waals surface area contributed by atoms with Crippen LogP contribution in [0.5, 0.6) is 0 Å². The quantitative estimate of drug-likeness (QED) is 0.884. The number of hydrogen-bond acceptors (Lipinski definition) is 3. The summed E-state index contributed by atoms with van der Waals surface area (Å²) in [4.78, 5) is 14.1. The summed E-state index contributed by atoms with van der Waals surface area (Å²) in [6, 6.07) is 5.79. The summed E-state index contributed by atoms with van der Waals surface area (Å²) in [7, 11) is 3.60. The van der Waals surface area contributed by atoms with Crippen molar-refractivity contribution in [3.63, 3.8) is 0 Å². The fraction of sp³-hybridized carbons (Fsp3) is 0.500. The van der Waals surface area contributed by atoms with Crippen molar-refractivity contribution in [1.29, 1.82) is 0 Å². The van der Waals surface area contributed by atoms with Gasteiger partial charge in [0.15, 0.2) is 0 Å². The summed E-state index contributed by atoms with van der Waals surface area (Å²) in [6.07, 6.45) is 1.95. The van der Waals surface area contributed by atoms with Crippen molar-refractivity contribution in [3.05, 3.63) is 28.8 Å². The van der Waals surface area contributed by atoms with E-state index in [1.165, 1.54) is 0 Å². The largest absolute Gasteiger partial charge is 0.359 e. The molecule has 0 radical (unpaired) electrons. The Balaban J connectivity index is 2.32. The van der Waals surface area contributed by atoms with Crippen LogP contribution in [0.3, 0.4) is 0 Å². The molecule has 1 atom stereocenters. The molecule has 2 N–H and O–H groups in total. The Labute approximate surface area is 119 Å². The number of amides is 1. The molecule has 0 aromatic heterocycles. The number of halogens is 1. The zero-order chi connectivity index (χ0) is 13.8. The molecule has 0 bridgehead atoms. The van der Waals surface area contributed by atoms with Crippen molar-refractivity contribution in [1.82, 2.24) is 10.6 Å². The fourth-order valence-corrected chi connectivity index (χ4v) is 2.86. The molecule has 0 aliphatic carbocycles. The zero-order valence-electron chi connectivity index (χ0n) is 11.4. The number of benzene rings is 1. The highest BCUT2D eigenvalue weighted by Crippen LogP contribution is 2.30. The average molecular weight is 282 g/mol. The second-order valence-corrected chi connectivity index (χ2v) is 5.21. The van der Waals surface area contributed by atoms with Gasteiger partial charge in [-0.1, -0.05) is 11.6 Å². The number of likely N-dealkylation sites (N-methyl/N-ethyl adjacent to an activating group) is 1. The first-order chi connectivity index (χ1) is 9.17. The molecule has 104 valence electrons. The van der Waals surface area contributed by atoms with Crippen LogP contribution in [0.1, 0.15) is 18.4 Å². The van der Waals surface area contributed by atoms with Crippen molar-refractivity contribution >= 4 is 23.2 Å². The van der Waals surface area contributed by atoms with Crippen molar-refractivity contribution in [2.45, 2.75) is 25.4 Å². The van der Waals surface area contributed by atoms with E-state index in [1.807, 2.05) is 25.2 Å². The Morgan fingerprint density at radius 2 is 2.26 bits per heavy atom. The first-order valence-electron chi connectivity index (χ1n) is 6.58. The maximum absolute atomic E-state index is 11.9. The number of carbonyl (C=O) groups excluding carboxylic acids is 1. The Morgan fingerprint density at radius 1 is 1.47 bits per heavy atom. The minimum Gasteiger partial charge on any atom is -0.359 e. The Kier molecular flexibility index (Phi) is 4.66. The van der Waals surface area contributed by atoms with Gasteiger partial charge in [0.1, 0.15) is 6.04 Å². The van der Waals surface area contributed by atoms with E-state index in [-0.39, 0.29) is 11.9 Å². The van der Waals surface area contributed by atoms with Crippen LogP contribution in [0.15, 0.2) is 18.2 Å². The molecule has 1 saturated heterocycles. The van der Waals surface area contributed by atoms with Gasteiger partial charge in [-0.3, -0.25) is 4.79 Å². The van der Waals surface area contributed by atoms with E-state index in [2.05, 4.69) is 15.5 Å². The first-order valence-corrected chi connectivity index (χ1v) is 6.96. The van der Waals surface area contributed by atoms with Gasteiger partial charge in [-0.05, 0) is 43.7 Å². The van der Waals surface area contributed by atoms with Gasteiger partial charge in [0.2, 0.25) is 5.91 Å². The van der Waals surface area contributed by atoms with Crippen molar-refractivity contribution in [3.8, 4) is 0 Å². The number of carbonyl (C=O) groups is 1. The highest BCUT2D eigenvalue weighted by molar-refractivity contribution is 6.30. The molecule has 1 heterocycles. The Hall–Kier alpha value is -1.26. The minimum absolute atomic E-state index is 0.0678. The maximum atomic E-state index is 11.9. The molecular formula is C14H20ClN3O. The Bertz CT molecular complexity index is 464. The van der Waals surface area contributed by atoms with Crippen molar-refractivity contribution < 1.29 is 4.79 Å². The van der Waals surface area contributed by atoms with E-state index in [0.29, 0.717) is 0 Å². The number of hydrogen-bond donors (Lipinski definition) is 2. The number of rotatable bonds is 4. The van der Waals surface area contributed by atoms with E-state index in [9.17, 15) is 4.79 Å². The number of nitrogens with one attached hydrogen (secondary N) is 2. The van der Waals surface area contributed by atoms with Gasteiger partial charge in [-0.15, -0.1) is 0 Å². The predicted octanol–water partition coefficient (Wildman–Crippen LogP) is 1.77. The molecule has 1 unspecified atom stereocenters. The van der Waals surface area contributed by atoms with Gasteiger partial charge in [-0.25, -0.2) is 0 Å². The van der Waals surface area contributed by atoms with E-state index < -0.39 is 0 Å². The lowest BCUT2D eigenvalue weighted by molar-refractivity contribution is -0.121. The highest BCUT2D eigenvalue weighted by Gasteiger charge is 2.31. The van der Waals surface area contributed by atoms with Crippen LogP contribution < -0.4 is 15.5 Å². The third-order valence-corrected chi connectivity index (χ3v) is 3.76. The molecule has 5 heteroatoms. The zero-order valence-corrected chi connectivity index (χ0v) is 12.1. The van der Waals surface area contributed by atoms with E-state index in [1.54, 1.807) is 7.05 Å². The highest BCUT2D eigenvalue weighted by atomic mass is 35.5. The Morgan fingerprint density at radius 3 is 2.95 bits per heavy atom. The van der Waals surface area contributed by atoms with Gasteiger partial charge in [0, 0.05) is 30.8 Å². The van der Waals surface area contributed by atoms with Crippen LogP contribution in [0.25, 0.3) is 0 Å². The van der Waals surface area contributed by atoms with Crippen LogP contribution >= 0.6 is 11.6 Å². The molecule has 1 fully saturated rings. The average Bonchev–Trinajstić information content (AvgIpc) is 2.87.